The van der Waals surface area contributed by atoms with Crippen LogP contribution < -0.4 is 10.2 Å². The Bertz CT molecular complexity index is 594. The standard InChI is InChI=1S/C17H22ClN3/c1-3-21-11-5-10-19-16-14(21)7-8-15(20-16)17(2)9-4-6-13(18)12-17/h4,6-8,12H,3,5,9-11H2,1-2H3,(H,19,20). The van der Waals surface area contributed by atoms with Crippen molar-refractivity contribution in [2.75, 3.05) is 29.9 Å². The molecule has 1 N–H and O–H groups in total. The average Bonchev–Trinajstić information content (AvgIpc) is 2.68. The highest BCUT2D eigenvalue weighted by Gasteiger charge is 2.28. The lowest BCUT2D eigenvalue weighted by Crippen LogP contribution is -2.25. The fourth-order valence-electron chi connectivity index (χ4n) is 3.09. The minimum Gasteiger partial charge on any atom is -0.369 e. The number of aromatic nitrogens is 1. The van der Waals surface area contributed by atoms with Crippen LogP contribution in [-0.4, -0.2) is 24.6 Å². The quantitative estimate of drug-likeness (QED) is 0.893. The van der Waals surface area contributed by atoms with E-state index in [2.05, 4.69) is 48.3 Å². The SMILES string of the molecule is CCN1CCCNc2nc(C3(C)C=C(Cl)C=CC3)ccc21. The first kappa shape index (κ1) is 14.5. The van der Waals surface area contributed by atoms with E-state index in [1.165, 1.54) is 5.69 Å². The first-order chi connectivity index (χ1) is 10.1. The molecule has 4 heteroatoms. The van der Waals surface area contributed by atoms with Gasteiger partial charge in [0.1, 0.15) is 5.82 Å². The van der Waals surface area contributed by atoms with Crippen molar-refractivity contribution in [1.82, 2.24) is 4.98 Å². The zero-order valence-corrected chi connectivity index (χ0v) is 13.5. The average molecular weight is 304 g/mol. The van der Waals surface area contributed by atoms with Gasteiger partial charge < -0.3 is 10.2 Å². The monoisotopic (exact) mass is 303 g/mol. The van der Waals surface area contributed by atoms with E-state index in [1.54, 1.807) is 0 Å². The summed E-state index contributed by atoms with van der Waals surface area (Å²) in [6.07, 6.45) is 8.28. The summed E-state index contributed by atoms with van der Waals surface area (Å²) >= 11 is 6.19. The lowest BCUT2D eigenvalue weighted by Gasteiger charge is -2.29. The molecule has 1 aliphatic carbocycles. The Hall–Kier alpha value is -1.48. The van der Waals surface area contributed by atoms with Gasteiger partial charge in [-0.2, -0.15) is 0 Å². The maximum absolute atomic E-state index is 6.19. The summed E-state index contributed by atoms with van der Waals surface area (Å²) in [5.74, 6) is 1.01. The molecule has 3 nitrogen and oxygen atoms in total. The maximum Gasteiger partial charge on any atom is 0.149 e. The Morgan fingerprint density at radius 3 is 3.05 bits per heavy atom. The number of anilines is 2. The summed E-state index contributed by atoms with van der Waals surface area (Å²) in [6.45, 7) is 7.47. The number of hydrogen-bond donors (Lipinski definition) is 1. The van der Waals surface area contributed by atoms with Gasteiger partial charge in [0.15, 0.2) is 0 Å². The van der Waals surface area contributed by atoms with E-state index in [1.807, 2.05) is 6.08 Å². The fourth-order valence-corrected chi connectivity index (χ4v) is 3.42. The fraction of sp³-hybridized carbons (Fsp3) is 0.471. The third-order valence-corrected chi connectivity index (χ3v) is 4.59. The molecular formula is C17H22ClN3. The van der Waals surface area contributed by atoms with Crippen molar-refractivity contribution in [2.24, 2.45) is 0 Å². The Morgan fingerprint density at radius 1 is 1.43 bits per heavy atom. The van der Waals surface area contributed by atoms with Gasteiger partial charge >= 0.3 is 0 Å². The molecule has 0 aromatic carbocycles. The first-order valence-corrected chi connectivity index (χ1v) is 8.05. The number of allylic oxidation sites excluding steroid dienone is 4. The molecule has 1 aromatic heterocycles. The van der Waals surface area contributed by atoms with Gasteiger partial charge in [-0.3, -0.25) is 0 Å². The number of hydrogen-bond acceptors (Lipinski definition) is 3. The van der Waals surface area contributed by atoms with Gasteiger partial charge in [-0.1, -0.05) is 30.7 Å². The first-order valence-electron chi connectivity index (χ1n) is 7.67. The minimum absolute atomic E-state index is 0.119. The van der Waals surface area contributed by atoms with Gasteiger partial charge in [0.25, 0.3) is 0 Å². The summed E-state index contributed by atoms with van der Waals surface area (Å²) in [4.78, 5) is 7.30. The van der Waals surface area contributed by atoms with Gasteiger partial charge in [-0.15, -0.1) is 0 Å². The van der Waals surface area contributed by atoms with Gasteiger partial charge in [0, 0.05) is 30.1 Å². The molecule has 1 atom stereocenters. The van der Waals surface area contributed by atoms with Crippen LogP contribution in [0.4, 0.5) is 11.5 Å². The summed E-state index contributed by atoms with van der Waals surface area (Å²) < 4.78 is 0. The highest BCUT2D eigenvalue weighted by atomic mass is 35.5. The van der Waals surface area contributed by atoms with Crippen LogP contribution in [0.5, 0.6) is 0 Å². The van der Waals surface area contributed by atoms with E-state index in [-0.39, 0.29) is 5.41 Å². The molecule has 0 saturated carbocycles. The molecule has 0 bridgehead atoms. The Labute approximate surface area is 131 Å². The molecule has 1 unspecified atom stereocenters. The second-order valence-corrected chi connectivity index (χ2v) is 6.41. The van der Waals surface area contributed by atoms with E-state index >= 15 is 0 Å². The maximum atomic E-state index is 6.19. The third kappa shape index (κ3) is 2.80. The van der Waals surface area contributed by atoms with Crippen LogP contribution >= 0.6 is 11.6 Å². The van der Waals surface area contributed by atoms with Crippen LogP contribution in [-0.2, 0) is 5.41 Å². The van der Waals surface area contributed by atoms with E-state index in [9.17, 15) is 0 Å². The zero-order valence-electron chi connectivity index (χ0n) is 12.7. The van der Waals surface area contributed by atoms with Crippen molar-refractivity contribution < 1.29 is 0 Å². The second kappa shape index (κ2) is 5.72. The highest BCUT2D eigenvalue weighted by Crippen LogP contribution is 2.37. The van der Waals surface area contributed by atoms with Crippen LogP contribution in [0.1, 0.15) is 32.4 Å². The Morgan fingerprint density at radius 2 is 2.29 bits per heavy atom. The van der Waals surface area contributed by atoms with E-state index < -0.39 is 0 Å². The van der Waals surface area contributed by atoms with Gasteiger partial charge in [-0.25, -0.2) is 4.98 Å². The topological polar surface area (TPSA) is 28.2 Å². The predicted octanol–water partition coefficient (Wildman–Crippen LogP) is 4.06. The van der Waals surface area contributed by atoms with E-state index in [4.69, 9.17) is 16.6 Å². The summed E-state index contributed by atoms with van der Waals surface area (Å²) in [7, 11) is 0. The number of nitrogens with one attached hydrogen (secondary N) is 1. The van der Waals surface area contributed by atoms with Crippen molar-refractivity contribution in [3.8, 4) is 0 Å². The number of fused-ring (bicyclic) bond motifs is 1. The van der Waals surface area contributed by atoms with Crippen molar-refractivity contribution >= 4 is 23.1 Å². The number of halogens is 1. The Balaban J connectivity index is 1.99. The smallest absolute Gasteiger partial charge is 0.149 e. The minimum atomic E-state index is -0.119. The molecule has 2 aliphatic rings. The molecular weight excluding hydrogens is 282 g/mol. The highest BCUT2D eigenvalue weighted by molar-refractivity contribution is 6.31. The van der Waals surface area contributed by atoms with Gasteiger partial charge in [0.2, 0.25) is 0 Å². The molecule has 1 aliphatic heterocycles. The van der Waals surface area contributed by atoms with Crippen LogP contribution in [0.15, 0.2) is 35.4 Å². The van der Waals surface area contributed by atoms with Crippen molar-refractivity contribution in [3.63, 3.8) is 0 Å². The van der Waals surface area contributed by atoms with Crippen molar-refractivity contribution in [3.05, 3.63) is 41.1 Å². The second-order valence-electron chi connectivity index (χ2n) is 5.98. The largest absolute Gasteiger partial charge is 0.369 e. The van der Waals surface area contributed by atoms with Gasteiger partial charge in [-0.05, 0) is 38.0 Å². The van der Waals surface area contributed by atoms with Crippen LogP contribution in [0.25, 0.3) is 0 Å². The van der Waals surface area contributed by atoms with E-state index in [0.717, 1.165) is 49.0 Å². The van der Waals surface area contributed by atoms with Crippen LogP contribution in [0.3, 0.4) is 0 Å². The van der Waals surface area contributed by atoms with Gasteiger partial charge in [0.05, 0.1) is 11.4 Å². The summed E-state index contributed by atoms with van der Waals surface area (Å²) in [5, 5.41) is 4.27. The molecule has 0 amide bonds. The summed E-state index contributed by atoms with van der Waals surface area (Å²) in [6, 6.07) is 4.35. The molecule has 0 fully saturated rings. The van der Waals surface area contributed by atoms with Crippen molar-refractivity contribution in [2.45, 2.75) is 32.1 Å². The molecule has 3 rings (SSSR count). The lowest BCUT2D eigenvalue weighted by molar-refractivity contribution is 0.578. The Kier molecular flexibility index (Phi) is 3.94. The summed E-state index contributed by atoms with van der Waals surface area (Å²) in [5.41, 5.74) is 2.17. The van der Waals surface area contributed by atoms with Crippen LogP contribution in [0, 0.1) is 0 Å². The predicted molar refractivity (Wildman–Crippen MR) is 90.3 cm³/mol. The number of pyridine rings is 1. The molecule has 21 heavy (non-hydrogen) atoms. The lowest BCUT2D eigenvalue weighted by atomic mass is 9.80. The van der Waals surface area contributed by atoms with Crippen LogP contribution in [0.2, 0.25) is 0 Å². The normalized spacial score (nSPS) is 24.9. The molecule has 0 saturated heterocycles. The molecule has 0 radical (unpaired) electrons. The molecule has 112 valence electrons. The molecule has 1 aromatic rings. The molecule has 0 spiro atoms. The third-order valence-electron chi connectivity index (χ3n) is 4.35. The number of nitrogens with zero attached hydrogens (tertiary/aromatic N) is 2. The molecule has 2 heterocycles. The number of rotatable bonds is 2. The van der Waals surface area contributed by atoms with E-state index in [0.29, 0.717) is 0 Å². The van der Waals surface area contributed by atoms with Crippen molar-refractivity contribution in [1.29, 1.82) is 0 Å². The zero-order chi connectivity index (χ0) is 14.9.